The predicted octanol–water partition coefficient (Wildman–Crippen LogP) is 2.00. The van der Waals surface area contributed by atoms with Crippen LogP contribution < -0.4 is 5.32 Å². The average Bonchev–Trinajstić information content (AvgIpc) is 2.85. The normalized spacial score (nSPS) is 26.9. The Labute approximate surface area is 135 Å². The summed E-state index contributed by atoms with van der Waals surface area (Å²) in [6, 6.07) is 16.4. The molecule has 0 spiro atoms. The van der Waals surface area contributed by atoms with Crippen molar-refractivity contribution in [1.29, 1.82) is 0 Å². The van der Waals surface area contributed by atoms with E-state index in [4.69, 9.17) is 0 Å². The maximum absolute atomic E-state index is 12.4. The van der Waals surface area contributed by atoms with Gasteiger partial charge in [0, 0.05) is 11.5 Å². The Morgan fingerprint density at radius 3 is 2.35 bits per heavy atom. The van der Waals surface area contributed by atoms with E-state index in [2.05, 4.69) is 5.32 Å². The third-order valence-corrected chi connectivity index (χ3v) is 4.53. The lowest BCUT2D eigenvalue weighted by Gasteiger charge is -2.24. The number of hydrogen-bond acceptors (Lipinski definition) is 3. The van der Waals surface area contributed by atoms with Gasteiger partial charge in [-0.3, -0.25) is 4.79 Å². The van der Waals surface area contributed by atoms with Gasteiger partial charge in [0.15, 0.2) is 0 Å². The molecule has 120 valence electrons. The van der Waals surface area contributed by atoms with Gasteiger partial charge in [-0.1, -0.05) is 48.0 Å². The summed E-state index contributed by atoms with van der Waals surface area (Å²) in [5.74, 6) is -0.339. The second-order valence-corrected chi connectivity index (χ2v) is 6.18. The minimum absolute atomic E-state index is 0.103. The molecule has 1 saturated carbocycles. The molecule has 0 radical (unpaired) electrons. The zero-order valence-electron chi connectivity index (χ0n) is 13.0. The van der Waals surface area contributed by atoms with Crippen LogP contribution in [0.4, 0.5) is 0 Å². The van der Waals surface area contributed by atoms with Crippen LogP contribution in [0.25, 0.3) is 0 Å². The third-order valence-electron chi connectivity index (χ3n) is 4.53. The molecule has 2 aromatic carbocycles. The first-order valence-corrected chi connectivity index (χ1v) is 7.85. The molecule has 1 fully saturated rings. The van der Waals surface area contributed by atoms with Gasteiger partial charge < -0.3 is 15.5 Å². The van der Waals surface area contributed by atoms with Gasteiger partial charge in [0.05, 0.1) is 12.1 Å². The Bertz CT molecular complexity index is 669. The molecule has 4 atom stereocenters. The smallest absolute Gasteiger partial charge is 0.251 e. The highest BCUT2D eigenvalue weighted by Gasteiger charge is 2.43. The molecule has 0 heterocycles. The van der Waals surface area contributed by atoms with Crippen LogP contribution in [-0.4, -0.2) is 34.4 Å². The molecule has 23 heavy (non-hydrogen) atoms. The molecule has 0 aromatic heterocycles. The zero-order chi connectivity index (χ0) is 16.4. The first-order chi connectivity index (χ1) is 11.1. The summed E-state index contributed by atoms with van der Waals surface area (Å²) in [6.07, 6.45) is -1.36. The number of carbonyl (C=O) groups excluding carboxylic acids is 1. The van der Waals surface area contributed by atoms with Crippen molar-refractivity contribution >= 4 is 5.91 Å². The molecule has 4 unspecified atom stereocenters. The van der Waals surface area contributed by atoms with E-state index in [1.807, 2.05) is 37.3 Å². The highest BCUT2D eigenvalue weighted by atomic mass is 16.3. The number of carbonyl (C=O) groups is 1. The van der Waals surface area contributed by atoms with E-state index in [1.54, 1.807) is 24.3 Å². The molecule has 4 nitrogen and oxygen atoms in total. The summed E-state index contributed by atoms with van der Waals surface area (Å²) in [6.45, 7) is 2.01. The minimum atomic E-state index is -0.964. The van der Waals surface area contributed by atoms with Crippen molar-refractivity contribution in [3.05, 3.63) is 71.3 Å². The van der Waals surface area contributed by atoms with Gasteiger partial charge in [-0.2, -0.15) is 0 Å². The lowest BCUT2D eigenvalue weighted by Crippen LogP contribution is -2.45. The zero-order valence-corrected chi connectivity index (χ0v) is 13.0. The van der Waals surface area contributed by atoms with Crippen LogP contribution >= 0.6 is 0 Å². The predicted molar refractivity (Wildman–Crippen MR) is 88.2 cm³/mol. The topological polar surface area (TPSA) is 69.6 Å². The number of amides is 1. The maximum Gasteiger partial charge on any atom is 0.251 e. The molecule has 4 heteroatoms. The van der Waals surface area contributed by atoms with E-state index in [0.717, 1.165) is 11.1 Å². The molecule has 1 amide bonds. The second-order valence-electron chi connectivity index (χ2n) is 6.18. The van der Waals surface area contributed by atoms with Crippen molar-refractivity contribution in [2.24, 2.45) is 0 Å². The van der Waals surface area contributed by atoms with Crippen LogP contribution in [0.2, 0.25) is 0 Å². The van der Waals surface area contributed by atoms with Gasteiger partial charge in [-0.15, -0.1) is 0 Å². The molecule has 0 bridgehead atoms. The first kappa shape index (κ1) is 15.7. The first-order valence-electron chi connectivity index (χ1n) is 7.85. The van der Waals surface area contributed by atoms with E-state index in [1.165, 1.54) is 0 Å². The summed E-state index contributed by atoms with van der Waals surface area (Å²) in [4.78, 5) is 12.4. The third kappa shape index (κ3) is 3.28. The Balaban J connectivity index is 1.82. The van der Waals surface area contributed by atoms with E-state index in [-0.39, 0.29) is 11.8 Å². The Hall–Kier alpha value is -2.17. The SMILES string of the molecule is Cc1ccc(C2CC(O)C(O)C2NC(=O)c2ccccc2)cc1. The van der Waals surface area contributed by atoms with Crippen molar-refractivity contribution < 1.29 is 15.0 Å². The van der Waals surface area contributed by atoms with Gasteiger partial charge in [-0.05, 0) is 31.0 Å². The van der Waals surface area contributed by atoms with Gasteiger partial charge in [0.2, 0.25) is 0 Å². The van der Waals surface area contributed by atoms with Crippen molar-refractivity contribution in [2.45, 2.75) is 37.5 Å². The van der Waals surface area contributed by atoms with Crippen LogP contribution in [0.5, 0.6) is 0 Å². The summed E-state index contributed by atoms with van der Waals surface area (Å²) < 4.78 is 0. The van der Waals surface area contributed by atoms with Crippen molar-refractivity contribution in [3.63, 3.8) is 0 Å². The quantitative estimate of drug-likeness (QED) is 0.812. The Kier molecular flexibility index (Phi) is 4.46. The van der Waals surface area contributed by atoms with E-state index < -0.39 is 18.2 Å². The molecular weight excluding hydrogens is 290 g/mol. The number of aliphatic hydroxyl groups excluding tert-OH is 2. The molecule has 3 N–H and O–H groups in total. The summed E-state index contributed by atoms with van der Waals surface area (Å²) in [7, 11) is 0. The number of benzene rings is 2. The number of aryl methyl sites for hydroxylation is 1. The standard InChI is InChI=1S/C19H21NO3/c1-12-7-9-13(10-8-12)15-11-16(21)18(22)17(15)20-19(23)14-5-3-2-4-6-14/h2-10,15-18,21-22H,11H2,1H3,(H,20,23). The van der Waals surface area contributed by atoms with Gasteiger partial charge >= 0.3 is 0 Å². The van der Waals surface area contributed by atoms with Crippen LogP contribution in [0, 0.1) is 6.92 Å². The number of nitrogens with one attached hydrogen (secondary N) is 1. The number of hydrogen-bond donors (Lipinski definition) is 3. The summed E-state index contributed by atoms with van der Waals surface area (Å²) >= 11 is 0. The fourth-order valence-electron chi connectivity index (χ4n) is 3.19. The Morgan fingerprint density at radius 2 is 1.70 bits per heavy atom. The van der Waals surface area contributed by atoms with E-state index in [9.17, 15) is 15.0 Å². The summed E-state index contributed by atoms with van der Waals surface area (Å²) in [5, 5.41) is 23.2. The van der Waals surface area contributed by atoms with E-state index in [0.29, 0.717) is 12.0 Å². The summed E-state index contributed by atoms with van der Waals surface area (Å²) in [5.41, 5.74) is 2.71. The van der Waals surface area contributed by atoms with Gasteiger partial charge in [0.1, 0.15) is 6.10 Å². The van der Waals surface area contributed by atoms with Crippen LogP contribution in [0.15, 0.2) is 54.6 Å². The van der Waals surface area contributed by atoms with Crippen molar-refractivity contribution in [3.8, 4) is 0 Å². The van der Waals surface area contributed by atoms with Crippen molar-refractivity contribution in [2.75, 3.05) is 0 Å². The monoisotopic (exact) mass is 311 g/mol. The largest absolute Gasteiger partial charge is 0.390 e. The number of rotatable bonds is 3. The lowest BCUT2D eigenvalue weighted by atomic mass is 9.92. The lowest BCUT2D eigenvalue weighted by molar-refractivity contribution is 0.0294. The van der Waals surface area contributed by atoms with E-state index >= 15 is 0 Å². The Morgan fingerprint density at radius 1 is 1.04 bits per heavy atom. The van der Waals surface area contributed by atoms with Crippen LogP contribution in [-0.2, 0) is 0 Å². The molecule has 0 aliphatic heterocycles. The molecule has 0 saturated heterocycles. The van der Waals surface area contributed by atoms with Crippen molar-refractivity contribution in [1.82, 2.24) is 5.32 Å². The van der Waals surface area contributed by atoms with Crippen LogP contribution in [0.3, 0.4) is 0 Å². The second kappa shape index (κ2) is 6.52. The minimum Gasteiger partial charge on any atom is -0.390 e. The molecule has 2 aromatic rings. The van der Waals surface area contributed by atoms with Crippen LogP contribution in [0.1, 0.15) is 33.8 Å². The fourth-order valence-corrected chi connectivity index (χ4v) is 3.19. The average molecular weight is 311 g/mol. The highest BCUT2D eigenvalue weighted by Crippen LogP contribution is 2.35. The molecule has 1 aliphatic rings. The molecular formula is C19H21NO3. The highest BCUT2D eigenvalue weighted by molar-refractivity contribution is 5.94. The van der Waals surface area contributed by atoms with Gasteiger partial charge in [-0.25, -0.2) is 0 Å². The maximum atomic E-state index is 12.4. The fraction of sp³-hybridized carbons (Fsp3) is 0.316. The molecule has 1 aliphatic carbocycles. The number of aliphatic hydroxyl groups is 2. The van der Waals surface area contributed by atoms with Gasteiger partial charge in [0.25, 0.3) is 5.91 Å². The molecule has 3 rings (SSSR count).